The second-order valence-corrected chi connectivity index (χ2v) is 7.10. The van der Waals surface area contributed by atoms with Gasteiger partial charge in [0.25, 0.3) is 0 Å². The van der Waals surface area contributed by atoms with Crippen LogP contribution in [0.25, 0.3) is 10.3 Å². The first-order valence-corrected chi connectivity index (χ1v) is 8.42. The van der Waals surface area contributed by atoms with Crippen LogP contribution in [-0.2, 0) is 7.05 Å². The molecule has 1 atom stereocenters. The van der Waals surface area contributed by atoms with E-state index in [2.05, 4.69) is 39.7 Å². The molecule has 1 aliphatic rings. The maximum absolute atomic E-state index is 4.79. The molecule has 116 valence electrons. The summed E-state index contributed by atoms with van der Waals surface area (Å²) in [5, 5.41) is 10.2. The predicted octanol–water partition coefficient (Wildman–Crippen LogP) is 2.60. The lowest BCUT2D eigenvalue weighted by atomic mass is 10.2. The van der Waals surface area contributed by atoms with E-state index in [1.54, 1.807) is 11.3 Å². The van der Waals surface area contributed by atoms with Crippen LogP contribution in [0.4, 0.5) is 5.13 Å². The number of aromatic nitrogens is 5. The Kier molecular flexibility index (Phi) is 3.00. The van der Waals surface area contributed by atoms with Gasteiger partial charge in [-0.25, -0.2) is 9.67 Å². The molecule has 4 rings (SSSR count). The van der Waals surface area contributed by atoms with E-state index in [0.717, 1.165) is 41.7 Å². The van der Waals surface area contributed by atoms with Crippen molar-refractivity contribution in [3.8, 4) is 0 Å². The minimum atomic E-state index is 0.444. The molecule has 1 saturated heterocycles. The van der Waals surface area contributed by atoms with Crippen LogP contribution < -0.4 is 4.90 Å². The van der Waals surface area contributed by atoms with Gasteiger partial charge in [-0.3, -0.25) is 4.68 Å². The van der Waals surface area contributed by atoms with Gasteiger partial charge in [0.05, 0.1) is 22.1 Å². The highest BCUT2D eigenvalue weighted by molar-refractivity contribution is 7.22. The fraction of sp³-hybridized carbons (Fsp3) is 0.533. The molecular formula is C15H20N6S. The molecule has 0 saturated carbocycles. The number of hydrogen-bond acceptors (Lipinski definition) is 5. The van der Waals surface area contributed by atoms with Crippen molar-refractivity contribution in [3.63, 3.8) is 0 Å². The van der Waals surface area contributed by atoms with Crippen molar-refractivity contribution in [1.82, 2.24) is 24.5 Å². The molecule has 0 aromatic carbocycles. The Hall–Kier alpha value is -1.89. The normalized spacial score (nSPS) is 18.7. The summed E-state index contributed by atoms with van der Waals surface area (Å²) >= 11 is 1.75. The minimum absolute atomic E-state index is 0.444. The Morgan fingerprint density at radius 1 is 1.23 bits per heavy atom. The first kappa shape index (κ1) is 13.8. The van der Waals surface area contributed by atoms with E-state index < -0.39 is 0 Å². The standard InChI is InChI=1S/C15H20N6S/c1-9-7-10(2)21(17-9)12-5-6-20(8-12)15-16-14-13(22-15)11(3)18-19(14)4/h7,12H,5-6,8H2,1-4H3/t12-/m1/s1. The number of aryl methyl sites for hydroxylation is 4. The Balaban J connectivity index is 1.61. The van der Waals surface area contributed by atoms with Crippen LogP contribution in [0, 0.1) is 20.8 Å². The summed E-state index contributed by atoms with van der Waals surface area (Å²) in [6.45, 7) is 8.26. The molecule has 4 heterocycles. The molecule has 0 bridgehead atoms. The maximum Gasteiger partial charge on any atom is 0.188 e. The number of fused-ring (bicyclic) bond motifs is 1. The summed E-state index contributed by atoms with van der Waals surface area (Å²) in [7, 11) is 1.96. The summed E-state index contributed by atoms with van der Waals surface area (Å²) in [5.74, 6) is 0. The molecule has 1 fully saturated rings. The molecule has 0 radical (unpaired) electrons. The van der Waals surface area contributed by atoms with Gasteiger partial charge in [0.15, 0.2) is 10.8 Å². The molecule has 0 unspecified atom stereocenters. The number of rotatable bonds is 2. The summed E-state index contributed by atoms with van der Waals surface area (Å²) in [5.41, 5.74) is 4.40. The van der Waals surface area contributed by atoms with Crippen molar-refractivity contribution in [2.45, 2.75) is 33.2 Å². The molecule has 7 heteroatoms. The predicted molar refractivity (Wildman–Crippen MR) is 88.7 cm³/mol. The first-order chi connectivity index (χ1) is 10.5. The average molecular weight is 316 g/mol. The molecule has 0 aliphatic carbocycles. The van der Waals surface area contributed by atoms with E-state index >= 15 is 0 Å². The fourth-order valence-corrected chi connectivity index (χ4v) is 4.41. The summed E-state index contributed by atoms with van der Waals surface area (Å²) < 4.78 is 5.25. The van der Waals surface area contributed by atoms with Crippen molar-refractivity contribution in [3.05, 3.63) is 23.1 Å². The zero-order valence-corrected chi connectivity index (χ0v) is 14.2. The van der Waals surface area contributed by atoms with E-state index in [4.69, 9.17) is 4.98 Å². The maximum atomic E-state index is 4.79. The third kappa shape index (κ3) is 2.03. The van der Waals surface area contributed by atoms with Crippen LogP contribution in [0.1, 0.15) is 29.5 Å². The van der Waals surface area contributed by atoms with Gasteiger partial charge in [-0.15, -0.1) is 0 Å². The topological polar surface area (TPSA) is 51.8 Å². The second kappa shape index (κ2) is 4.81. The molecule has 0 N–H and O–H groups in total. The van der Waals surface area contributed by atoms with E-state index in [1.807, 2.05) is 18.7 Å². The summed E-state index contributed by atoms with van der Waals surface area (Å²) in [6.07, 6.45) is 1.12. The molecule has 0 spiro atoms. The molecule has 1 aliphatic heterocycles. The molecule has 6 nitrogen and oxygen atoms in total. The number of anilines is 1. The lowest BCUT2D eigenvalue weighted by Gasteiger charge is -2.16. The van der Waals surface area contributed by atoms with E-state index in [1.165, 1.54) is 10.4 Å². The monoisotopic (exact) mass is 316 g/mol. The van der Waals surface area contributed by atoms with Crippen LogP contribution in [0.2, 0.25) is 0 Å². The van der Waals surface area contributed by atoms with E-state index in [9.17, 15) is 0 Å². The highest BCUT2D eigenvalue weighted by atomic mass is 32.1. The second-order valence-electron chi connectivity index (χ2n) is 6.12. The van der Waals surface area contributed by atoms with Crippen molar-refractivity contribution in [2.24, 2.45) is 7.05 Å². The van der Waals surface area contributed by atoms with Crippen molar-refractivity contribution in [2.75, 3.05) is 18.0 Å². The van der Waals surface area contributed by atoms with Crippen molar-refractivity contribution in [1.29, 1.82) is 0 Å². The van der Waals surface area contributed by atoms with Gasteiger partial charge in [0.1, 0.15) is 0 Å². The van der Waals surface area contributed by atoms with Gasteiger partial charge >= 0.3 is 0 Å². The summed E-state index contributed by atoms with van der Waals surface area (Å²) in [4.78, 5) is 7.17. The van der Waals surface area contributed by atoms with Gasteiger partial charge in [-0.05, 0) is 33.3 Å². The van der Waals surface area contributed by atoms with Gasteiger partial charge in [0.2, 0.25) is 0 Å². The molecular weight excluding hydrogens is 296 g/mol. The summed E-state index contributed by atoms with van der Waals surface area (Å²) in [6, 6.07) is 2.59. The SMILES string of the molecule is Cc1cc(C)n([C@@H]2CCN(c3nc4c(s3)c(C)nn4C)C2)n1. The largest absolute Gasteiger partial charge is 0.346 e. The van der Waals surface area contributed by atoms with Crippen LogP contribution in [-0.4, -0.2) is 37.6 Å². The first-order valence-electron chi connectivity index (χ1n) is 7.61. The number of thiazole rings is 1. The molecule has 3 aromatic rings. The molecule has 0 amide bonds. The quantitative estimate of drug-likeness (QED) is 0.729. The zero-order valence-electron chi connectivity index (χ0n) is 13.4. The average Bonchev–Trinajstić information content (AvgIpc) is 3.17. The molecule has 3 aromatic heterocycles. The van der Waals surface area contributed by atoms with E-state index in [0.29, 0.717) is 6.04 Å². The third-order valence-electron chi connectivity index (χ3n) is 4.36. The van der Waals surface area contributed by atoms with Gasteiger partial charge in [-0.1, -0.05) is 11.3 Å². The number of hydrogen-bond donors (Lipinski definition) is 0. The van der Waals surface area contributed by atoms with Crippen LogP contribution in [0.3, 0.4) is 0 Å². The van der Waals surface area contributed by atoms with Gasteiger partial charge < -0.3 is 4.90 Å². The highest BCUT2D eigenvalue weighted by Crippen LogP contribution is 2.34. The Labute approximate surface area is 133 Å². The van der Waals surface area contributed by atoms with Crippen LogP contribution in [0.5, 0.6) is 0 Å². The Morgan fingerprint density at radius 3 is 2.73 bits per heavy atom. The highest BCUT2D eigenvalue weighted by Gasteiger charge is 2.28. The lowest BCUT2D eigenvalue weighted by Crippen LogP contribution is -2.21. The Bertz CT molecular complexity index is 807. The van der Waals surface area contributed by atoms with Crippen molar-refractivity contribution < 1.29 is 0 Å². The third-order valence-corrected chi connectivity index (χ3v) is 5.57. The smallest absolute Gasteiger partial charge is 0.188 e. The fourth-order valence-electron chi connectivity index (χ4n) is 3.34. The Morgan fingerprint density at radius 2 is 2.05 bits per heavy atom. The van der Waals surface area contributed by atoms with Crippen molar-refractivity contribution >= 4 is 26.8 Å². The lowest BCUT2D eigenvalue weighted by molar-refractivity contribution is 0.481. The minimum Gasteiger partial charge on any atom is -0.346 e. The van der Waals surface area contributed by atoms with Crippen LogP contribution in [0.15, 0.2) is 6.07 Å². The van der Waals surface area contributed by atoms with Gasteiger partial charge in [0, 0.05) is 25.8 Å². The van der Waals surface area contributed by atoms with E-state index in [-0.39, 0.29) is 0 Å². The molecule has 22 heavy (non-hydrogen) atoms. The van der Waals surface area contributed by atoms with Crippen LogP contribution >= 0.6 is 11.3 Å². The zero-order chi connectivity index (χ0) is 15.4. The van der Waals surface area contributed by atoms with Gasteiger partial charge in [-0.2, -0.15) is 10.2 Å². The number of nitrogens with zero attached hydrogens (tertiary/aromatic N) is 6.